The van der Waals surface area contributed by atoms with Gasteiger partial charge in [0, 0.05) is 5.75 Å². The molecule has 0 aliphatic heterocycles. The van der Waals surface area contributed by atoms with Gasteiger partial charge in [-0.25, -0.2) is 0 Å². The highest BCUT2D eigenvalue weighted by Crippen LogP contribution is 2.08. The number of thioether (sulfide) groups is 1. The molecular weight excluding hydrogens is 202 g/mol. The van der Waals surface area contributed by atoms with E-state index in [-0.39, 0.29) is 12.1 Å². The van der Waals surface area contributed by atoms with E-state index in [0.29, 0.717) is 12.2 Å². The summed E-state index contributed by atoms with van der Waals surface area (Å²) in [7, 11) is 1.33. The Balaban J connectivity index is 3.40. The van der Waals surface area contributed by atoms with E-state index in [1.54, 1.807) is 11.8 Å². The largest absolute Gasteiger partial charge is 0.468 e. The molecule has 0 aromatic carbocycles. The molecule has 0 amide bonds. The van der Waals surface area contributed by atoms with Gasteiger partial charge in [0.25, 0.3) is 0 Å². The van der Waals surface area contributed by atoms with Crippen molar-refractivity contribution in [3.05, 3.63) is 0 Å². The van der Waals surface area contributed by atoms with Crippen LogP contribution in [0.4, 0.5) is 0 Å². The minimum absolute atomic E-state index is 0.255. The van der Waals surface area contributed by atoms with Crippen LogP contribution in [0.2, 0.25) is 0 Å². The minimum Gasteiger partial charge on any atom is -0.468 e. The normalized spacial score (nSPS) is 14.9. The number of ether oxygens (including phenoxy) is 1. The summed E-state index contributed by atoms with van der Waals surface area (Å²) >= 11 is 1.60. The fraction of sp³-hybridized carbons (Fsp3) is 0.889. The van der Waals surface area contributed by atoms with Crippen molar-refractivity contribution in [3.63, 3.8) is 0 Å². The third-order valence-electron chi connectivity index (χ3n) is 1.86. The van der Waals surface area contributed by atoms with Crippen LogP contribution in [0.1, 0.15) is 19.8 Å². The molecule has 0 aliphatic rings. The second-order valence-electron chi connectivity index (χ2n) is 3.06. The van der Waals surface area contributed by atoms with Crippen molar-refractivity contribution in [2.75, 3.05) is 18.6 Å². The summed E-state index contributed by atoms with van der Waals surface area (Å²) in [5.41, 5.74) is 5.53. The average molecular weight is 221 g/mol. The van der Waals surface area contributed by atoms with Crippen molar-refractivity contribution in [3.8, 4) is 0 Å². The van der Waals surface area contributed by atoms with Gasteiger partial charge in [0.2, 0.25) is 0 Å². The maximum Gasteiger partial charge on any atom is 0.322 e. The Kier molecular flexibility index (Phi) is 7.93. The zero-order valence-corrected chi connectivity index (χ0v) is 9.55. The van der Waals surface area contributed by atoms with Crippen molar-refractivity contribution in [1.29, 1.82) is 0 Å². The van der Waals surface area contributed by atoms with E-state index in [4.69, 9.17) is 5.73 Å². The van der Waals surface area contributed by atoms with Crippen LogP contribution >= 0.6 is 11.8 Å². The maximum absolute atomic E-state index is 10.9. The average Bonchev–Trinajstić information content (AvgIpc) is 2.22. The van der Waals surface area contributed by atoms with Crippen LogP contribution in [0, 0.1) is 0 Å². The molecule has 3 N–H and O–H groups in total. The molecule has 2 atom stereocenters. The van der Waals surface area contributed by atoms with Crippen molar-refractivity contribution < 1.29 is 14.6 Å². The van der Waals surface area contributed by atoms with Crippen molar-refractivity contribution in [2.24, 2.45) is 5.73 Å². The van der Waals surface area contributed by atoms with Crippen molar-refractivity contribution in [2.45, 2.75) is 31.9 Å². The molecule has 0 saturated carbocycles. The van der Waals surface area contributed by atoms with E-state index in [9.17, 15) is 9.90 Å². The number of aliphatic hydroxyl groups is 1. The molecule has 0 radical (unpaired) electrons. The lowest BCUT2D eigenvalue weighted by Crippen LogP contribution is -2.32. The molecule has 0 aliphatic carbocycles. The van der Waals surface area contributed by atoms with E-state index in [1.807, 2.05) is 6.92 Å². The summed E-state index contributed by atoms with van der Waals surface area (Å²) in [6.07, 6.45) is 1.10. The van der Waals surface area contributed by atoms with Crippen LogP contribution in [-0.2, 0) is 9.53 Å². The number of aliphatic hydroxyl groups excluding tert-OH is 1. The Labute approximate surface area is 89.2 Å². The van der Waals surface area contributed by atoms with Crippen LogP contribution in [0.15, 0.2) is 0 Å². The Hall–Kier alpha value is -0.260. The lowest BCUT2D eigenvalue weighted by atomic mass is 10.2. The van der Waals surface area contributed by atoms with E-state index < -0.39 is 6.04 Å². The number of hydrogen-bond acceptors (Lipinski definition) is 5. The number of methoxy groups -OCH3 is 1. The fourth-order valence-corrected chi connectivity index (χ4v) is 1.91. The van der Waals surface area contributed by atoms with E-state index in [1.165, 1.54) is 7.11 Å². The SMILES string of the molecule is CCC(O)CSCCC(N)C(=O)OC. The molecule has 84 valence electrons. The molecule has 0 bridgehead atoms. The van der Waals surface area contributed by atoms with Gasteiger partial charge in [-0.3, -0.25) is 4.79 Å². The van der Waals surface area contributed by atoms with E-state index >= 15 is 0 Å². The zero-order chi connectivity index (χ0) is 11.0. The number of hydrogen-bond donors (Lipinski definition) is 2. The molecule has 0 heterocycles. The summed E-state index contributed by atoms with van der Waals surface area (Å²) < 4.78 is 4.49. The lowest BCUT2D eigenvalue weighted by molar-refractivity contribution is -0.142. The molecule has 2 unspecified atom stereocenters. The minimum atomic E-state index is -0.536. The van der Waals surface area contributed by atoms with Gasteiger partial charge in [-0.15, -0.1) is 0 Å². The molecule has 0 fully saturated rings. The highest BCUT2D eigenvalue weighted by Gasteiger charge is 2.12. The Morgan fingerprint density at radius 3 is 2.79 bits per heavy atom. The quantitative estimate of drug-likeness (QED) is 0.480. The van der Waals surface area contributed by atoms with E-state index in [0.717, 1.165) is 12.2 Å². The molecule has 5 heteroatoms. The summed E-state index contributed by atoms with van der Waals surface area (Å²) in [6.45, 7) is 1.94. The van der Waals surface area contributed by atoms with Gasteiger partial charge in [0.05, 0.1) is 13.2 Å². The van der Waals surface area contributed by atoms with Crippen LogP contribution < -0.4 is 5.73 Å². The highest BCUT2D eigenvalue weighted by molar-refractivity contribution is 7.99. The standard InChI is InChI=1S/C9H19NO3S/c1-3-7(11)6-14-5-4-8(10)9(12)13-2/h7-8,11H,3-6,10H2,1-2H3. The van der Waals surface area contributed by atoms with Gasteiger partial charge in [-0.2, -0.15) is 11.8 Å². The van der Waals surface area contributed by atoms with Gasteiger partial charge < -0.3 is 15.6 Å². The maximum atomic E-state index is 10.9. The van der Waals surface area contributed by atoms with Gasteiger partial charge in [-0.1, -0.05) is 6.92 Å². The van der Waals surface area contributed by atoms with Gasteiger partial charge in [0.1, 0.15) is 6.04 Å². The Morgan fingerprint density at radius 1 is 1.64 bits per heavy atom. The molecular formula is C9H19NO3S. The summed E-state index contributed by atoms with van der Waals surface area (Å²) in [6, 6.07) is -0.536. The van der Waals surface area contributed by atoms with Crippen molar-refractivity contribution in [1.82, 2.24) is 0 Å². The highest BCUT2D eigenvalue weighted by atomic mass is 32.2. The van der Waals surface area contributed by atoms with E-state index in [2.05, 4.69) is 4.74 Å². The van der Waals surface area contributed by atoms with Crippen LogP contribution in [-0.4, -0.2) is 41.8 Å². The molecule has 14 heavy (non-hydrogen) atoms. The van der Waals surface area contributed by atoms with Crippen LogP contribution in [0.3, 0.4) is 0 Å². The first-order valence-corrected chi connectivity index (χ1v) is 5.86. The summed E-state index contributed by atoms with van der Waals surface area (Å²) in [4.78, 5) is 10.9. The third kappa shape index (κ3) is 6.23. The molecule has 0 saturated heterocycles. The number of carbonyl (C=O) groups is 1. The van der Waals surface area contributed by atoms with Crippen LogP contribution in [0.5, 0.6) is 0 Å². The zero-order valence-electron chi connectivity index (χ0n) is 8.73. The molecule has 0 aromatic heterocycles. The summed E-state index contributed by atoms with van der Waals surface area (Å²) in [5.74, 6) is 1.10. The first-order valence-electron chi connectivity index (χ1n) is 4.71. The smallest absolute Gasteiger partial charge is 0.322 e. The van der Waals surface area contributed by atoms with Crippen LogP contribution in [0.25, 0.3) is 0 Å². The Bertz CT molecular complexity index is 166. The number of nitrogens with two attached hydrogens (primary N) is 1. The predicted octanol–water partition coefficient (Wildman–Crippen LogP) is 0.381. The number of rotatable bonds is 7. The second kappa shape index (κ2) is 8.08. The number of carbonyl (C=O) groups excluding carboxylic acids is 1. The van der Waals surface area contributed by atoms with Gasteiger partial charge >= 0.3 is 5.97 Å². The predicted molar refractivity (Wildman–Crippen MR) is 58.2 cm³/mol. The topological polar surface area (TPSA) is 72.5 Å². The second-order valence-corrected chi connectivity index (χ2v) is 4.21. The molecule has 0 aromatic rings. The van der Waals surface area contributed by atoms with Crippen molar-refractivity contribution >= 4 is 17.7 Å². The van der Waals surface area contributed by atoms with Gasteiger partial charge in [-0.05, 0) is 18.6 Å². The number of esters is 1. The molecule has 0 spiro atoms. The fourth-order valence-electron chi connectivity index (χ4n) is 0.817. The third-order valence-corrected chi connectivity index (χ3v) is 3.00. The first kappa shape index (κ1) is 13.7. The Morgan fingerprint density at radius 2 is 2.29 bits per heavy atom. The molecule has 0 rings (SSSR count). The van der Waals surface area contributed by atoms with Gasteiger partial charge in [0.15, 0.2) is 0 Å². The monoisotopic (exact) mass is 221 g/mol. The summed E-state index contributed by atoms with van der Waals surface area (Å²) in [5, 5.41) is 9.23. The first-order chi connectivity index (χ1) is 6.61. The molecule has 4 nitrogen and oxygen atoms in total. The lowest BCUT2D eigenvalue weighted by Gasteiger charge is -2.10.